The molecule has 2 fully saturated rings. The number of quaternary nitrogens is 1. The first-order chi connectivity index (χ1) is 12.3. The van der Waals surface area contributed by atoms with Crippen LogP contribution in [-0.2, 0) is 19.6 Å². The summed E-state index contributed by atoms with van der Waals surface area (Å²) in [4.78, 5) is 26.5. The Labute approximate surface area is 158 Å². The van der Waals surface area contributed by atoms with E-state index in [1.165, 1.54) is 18.2 Å². The Bertz CT molecular complexity index is 834. The summed E-state index contributed by atoms with van der Waals surface area (Å²) in [5.41, 5.74) is -0.338. The van der Waals surface area contributed by atoms with E-state index in [-0.39, 0.29) is 33.8 Å². The van der Waals surface area contributed by atoms with E-state index in [4.69, 9.17) is 11.6 Å². The van der Waals surface area contributed by atoms with Crippen molar-refractivity contribution in [2.75, 3.05) is 25.0 Å². The van der Waals surface area contributed by atoms with E-state index in [1.54, 1.807) is 0 Å². The molecule has 26 heavy (non-hydrogen) atoms. The number of anilines is 1. The SMILES string of the molecule is C[NH2+]CCNS(=O)(=O)c1ccc(N2C(=O)CC3(CCCC3)C2=O)c(Cl)c1. The molecule has 1 spiro atoms. The summed E-state index contributed by atoms with van der Waals surface area (Å²) >= 11 is 6.26. The monoisotopic (exact) mass is 400 g/mol. The molecule has 7 nitrogen and oxygen atoms in total. The van der Waals surface area contributed by atoms with Crippen LogP contribution in [0.25, 0.3) is 0 Å². The number of imide groups is 1. The molecule has 3 N–H and O–H groups in total. The smallest absolute Gasteiger partial charge is 0.240 e. The van der Waals surface area contributed by atoms with Gasteiger partial charge in [-0.3, -0.25) is 9.59 Å². The zero-order chi connectivity index (χ0) is 18.9. The molecule has 142 valence electrons. The lowest BCUT2D eigenvalue weighted by atomic mass is 9.84. The summed E-state index contributed by atoms with van der Waals surface area (Å²) in [7, 11) is -1.84. The van der Waals surface area contributed by atoms with Crippen molar-refractivity contribution >= 4 is 39.1 Å². The molecule has 2 aliphatic rings. The van der Waals surface area contributed by atoms with Gasteiger partial charge in [0.2, 0.25) is 21.8 Å². The molecule has 3 rings (SSSR count). The Balaban J connectivity index is 1.86. The van der Waals surface area contributed by atoms with E-state index in [0.29, 0.717) is 13.1 Å². The Hall–Kier alpha value is -1.48. The van der Waals surface area contributed by atoms with Crippen molar-refractivity contribution < 1.29 is 23.3 Å². The topological polar surface area (TPSA) is 100 Å². The lowest BCUT2D eigenvalue weighted by molar-refractivity contribution is -0.624. The molecular weight excluding hydrogens is 378 g/mol. The van der Waals surface area contributed by atoms with Crippen molar-refractivity contribution in [3.8, 4) is 0 Å². The van der Waals surface area contributed by atoms with Crippen LogP contribution in [-0.4, -0.2) is 40.4 Å². The molecule has 9 heteroatoms. The van der Waals surface area contributed by atoms with E-state index >= 15 is 0 Å². The molecule has 1 saturated carbocycles. The number of halogens is 1. The van der Waals surface area contributed by atoms with Gasteiger partial charge in [-0.1, -0.05) is 24.4 Å². The molecule has 0 atom stereocenters. The van der Waals surface area contributed by atoms with Gasteiger partial charge < -0.3 is 5.32 Å². The molecule has 1 aromatic rings. The quantitative estimate of drug-likeness (QED) is 0.540. The molecule has 0 aromatic heterocycles. The van der Waals surface area contributed by atoms with Crippen LogP contribution < -0.4 is 14.9 Å². The number of sulfonamides is 1. The van der Waals surface area contributed by atoms with E-state index in [1.807, 2.05) is 12.4 Å². The minimum Gasteiger partial charge on any atom is -0.348 e. The molecule has 0 unspecified atom stereocenters. The fourth-order valence-corrected chi connectivity index (χ4v) is 5.14. The zero-order valence-electron chi connectivity index (χ0n) is 14.6. The molecule has 0 bridgehead atoms. The van der Waals surface area contributed by atoms with Crippen molar-refractivity contribution in [3.63, 3.8) is 0 Å². The second-order valence-electron chi connectivity index (χ2n) is 6.91. The highest BCUT2D eigenvalue weighted by atomic mass is 35.5. The molecule has 0 radical (unpaired) electrons. The third-order valence-electron chi connectivity index (χ3n) is 5.15. The summed E-state index contributed by atoms with van der Waals surface area (Å²) in [6.45, 7) is 0.910. The molecule has 1 aliphatic carbocycles. The van der Waals surface area contributed by atoms with Crippen molar-refractivity contribution in [1.29, 1.82) is 0 Å². The van der Waals surface area contributed by atoms with Gasteiger partial charge in [-0.25, -0.2) is 18.0 Å². The first kappa shape index (κ1) is 19.3. The number of nitrogens with zero attached hydrogens (tertiary/aromatic N) is 1. The number of rotatable bonds is 6. The van der Waals surface area contributed by atoms with E-state index < -0.39 is 15.4 Å². The summed E-state index contributed by atoms with van der Waals surface area (Å²) in [6, 6.07) is 4.10. The fourth-order valence-electron chi connectivity index (χ4n) is 3.74. The molecular formula is C17H23ClN3O4S+. The van der Waals surface area contributed by atoms with Gasteiger partial charge in [0, 0.05) is 6.42 Å². The van der Waals surface area contributed by atoms with Crippen LogP contribution >= 0.6 is 11.6 Å². The molecule has 1 saturated heterocycles. The van der Waals surface area contributed by atoms with Crippen LogP contribution in [0.4, 0.5) is 5.69 Å². The molecule has 1 aliphatic heterocycles. The minimum absolute atomic E-state index is 0.0111. The van der Waals surface area contributed by atoms with Crippen LogP contribution in [0.1, 0.15) is 32.1 Å². The maximum Gasteiger partial charge on any atom is 0.240 e. The highest BCUT2D eigenvalue weighted by molar-refractivity contribution is 7.89. The predicted molar refractivity (Wildman–Crippen MR) is 97.4 cm³/mol. The van der Waals surface area contributed by atoms with Crippen LogP contribution in [0.15, 0.2) is 23.1 Å². The number of hydrogen-bond donors (Lipinski definition) is 2. The normalized spacial score (nSPS) is 19.7. The Kier molecular flexibility index (Phi) is 5.39. The third-order valence-corrected chi connectivity index (χ3v) is 6.91. The van der Waals surface area contributed by atoms with Gasteiger partial charge in [-0.15, -0.1) is 0 Å². The summed E-state index contributed by atoms with van der Waals surface area (Å²) < 4.78 is 27.1. The van der Waals surface area contributed by atoms with Gasteiger partial charge in [0.15, 0.2) is 0 Å². The largest absolute Gasteiger partial charge is 0.348 e. The maximum absolute atomic E-state index is 12.9. The van der Waals surface area contributed by atoms with Gasteiger partial charge in [0.25, 0.3) is 0 Å². The van der Waals surface area contributed by atoms with Crippen molar-refractivity contribution in [1.82, 2.24) is 4.72 Å². The van der Waals surface area contributed by atoms with Gasteiger partial charge in [0.05, 0.1) is 41.2 Å². The Morgan fingerprint density at radius 2 is 1.96 bits per heavy atom. The van der Waals surface area contributed by atoms with E-state index in [2.05, 4.69) is 4.72 Å². The zero-order valence-corrected chi connectivity index (χ0v) is 16.2. The number of carbonyl (C=O) groups is 2. The highest BCUT2D eigenvalue weighted by Gasteiger charge is 2.53. The van der Waals surface area contributed by atoms with Crippen LogP contribution in [0.5, 0.6) is 0 Å². The van der Waals surface area contributed by atoms with Crippen LogP contribution in [0.2, 0.25) is 5.02 Å². The fraction of sp³-hybridized carbons (Fsp3) is 0.529. The van der Waals surface area contributed by atoms with Crippen molar-refractivity contribution in [2.24, 2.45) is 5.41 Å². The summed E-state index contributed by atoms with van der Waals surface area (Å²) in [5, 5.41) is 1.94. The molecule has 2 amide bonds. The number of benzene rings is 1. The maximum atomic E-state index is 12.9. The van der Waals surface area contributed by atoms with Crippen LogP contribution in [0, 0.1) is 5.41 Å². The van der Waals surface area contributed by atoms with E-state index in [0.717, 1.165) is 30.6 Å². The number of amides is 2. The predicted octanol–water partition coefficient (Wildman–Crippen LogP) is 0.635. The van der Waals surface area contributed by atoms with Crippen molar-refractivity contribution in [3.05, 3.63) is 23.2 Å². The Morgan fingerprint density at radius 1 is 1.27 bits per heavy atom. The average Bonchev–Trinajstić information content (AvgIpc) is 3.14. The number of hydrogen-bond acceptors (Lipinski definition) is 4. The lowest BCUT2D eigenvalue weighted by Crippen LogP contribution is -2.81. The average molecular weight is 401 g/mol. The molecule has 1 aromatic carbocycles. The highest BCUT2D eigenvalue weighted by Crippen LogP contribution is 2.48. The number of nitrogens with two attached hydrogens (primary N) is 1. The number of carbonyl (C=O) groups excluding carboxylic acids is 2. The second kappa shape index (κ2) is 7.26. The Morgan fingerprint density at radius 3 is 2.58 bits per heavy atom. The number of nitrogens with one attached hydrogen (secondary N) is 1. The van der Waals surface area contributed by atoms with Crippen molar-refractivity contribution in [2.45, 2.75) is 37.0 Å². The second-order valence-corrected chi connectivity index (χ2v) is 9.08. The minimum atomic E-state index is -3.69. The first-order valence-corrected chi connectivity index (χ1v) is 10.6. The third kappa shape index (κ3) is 3.38. The standard InChI is InChI=1S/C17H22ClN3O4S/c1-19-8-9-20-26(24,25)12-4-5-14(13(18)10-12)21-15(22)11-17(16(21)23)6-2-3-7-17/h4-5,10,19-20H,2-3,6-9,11H2,1H3/p+1. The van der Waals surface area contributed by atoms with Crippen LogP contribution in [0.3, 0.4) is 0 Å². The van der Waals surface area contributed by atoms with Gasteiger partial charge in [-0.2, -0.15) is 0 Å². The lowest BCUT2D eigenvalue weighted by Gasteiger charge is -2.21. The van der Waals surface area contributed by atoms with Gasteiger partial charge >= 0.3 is 0 Å². The first-order valence-electron chi connectivity index (χ1n) is 8.75. The van der Waals surface area contributed by atoms with E-state index in [9.17, 15) is 18.0 Å². The van der Waals surface area contributed by atoms with Gasteiger partial charge in [-0.05, 0) is 31.0 Å². The summed E-state index contributed by atoms with van der Waals surface area (Å²) in [5.74, 6) is -0.486. The molecule has 1 heterocycles. The number of likely N-dealkylation sites (N-methyl/N-ethyl adjacent to an activating group) is 1. The summed E-state index contributed by atoms with van der Waals surface area (Å²) in [6.07, 6.45) is 3.53. The van der Waals surface area contributed by atoms with Gasteiger partial charge in [0.1, 0.15) is 0 Å².